The third-order valence-electron chi connectivity index (χ3n) is 4.78. The molecule has 0 radical (unpaired) electrons. The van der Waals surface area contributed by atoms with Gasteiger partial charge in [-0.05, 0) is 56.5 Å². The van der Waals surface area contributed by atoms with Crippen LogP contribution in [0.4, 0.5) is 8.78 Å². The van der Waals surface area contributed by atoms with Crippen molar-refractivity contribution in [3.63, 3.8) is 0 Å². The van der Waals surface area contributed by atoms with E-state index in [0.717, 1.165) is 37.7 Å². The average Bonchev–Trinajstić information content (AvgIpc) is 2.42. The van der Waals surface area contributed by atoms with E-state index in [1.807, 2.05) is 0 Å². The molecule has 1 aliphatic rings. The summed E-state index contributed by atoms with van der Waals surface area (Å²) >= 11 is 0. The molecule has 4 heteroatoms. The Morgan fingerprint density at radius 3 is 2.48 bits per heavy atom. The van der Waals surface area contributed by atoms with Crippen molar-refractivity contribution in [3.8, 4) is 0 Å². The van der Waals surface area contributed by atoms with Gasteiger partial charge in [0, 0.05) is 24.7 Å². The third kappa shape index (κ3) is 4.24. The fourth-order valence-electron chi connectivity index (χ4n) is 3.33. The van der Waals surface area contributed by atoms with E-state index in [-0.39, 0.29) is 0 Å². The van der Waals surface area contributed by atoms with Crippen LogP contribution >= 0.6 is 0 Å². The molecule has 1 saturated heterocycles. The number of halogens is 2. The summed E-state index contributed by atoms with van der Waals surface area (Å²) in [7, 11) is 0. The van der Waals surface area contributed by atoms with E-state index in [9.17, 15) is 8.78 Å². The van der Waals surface area contributed by atoms with Gasteiger partial charge in [0.15, 0.2) is 0 Å². The molecule has 0 aromatic heterocycles. The maximum absolute atomic E-state index is 13.2. The molecule has 1 N–H and O–H groups in total. The van der Waals surface area contributed by atoms with Gasteiger partial charge < -0.3 is 5.32 Å². The minimum Gasteiger partial charge on any atom is -0.314 e. The average molecular weight is 296 g/mol. The van der Waals surface area contributed by atoms with Crippen LogP contribution in [-0.4, -0.2) is 36.6 Å². The van der Waals surface area contributed by atoms with Gasteiger partial charge in [0.05, 0.1) is 0 Å². The second kappa shape index (κ2) is 7.32. The lowest BCUT2D eigenvalue weighted by molar-refractivity contribution is 0.0867. The molecular weight excluding hydrogens is 270 g/mol. The van der Waals surface area contributed by atoms with Crippen LogP contribution < -0.4 is 5.32 Å². The summed E-state index contributed by atoms with van der Waals surface area (Å²) in [6.07, 6.45) is 1.83. The first-order valence-corrected chi connectivity index (χ1v) is 7.93. The molecule has 21 heavy (non-hydrogen) atoms. The smallest absolute Gasteiger partial charge is 0.126 e. The summed E-state index contributed by atoms with van der Waals surface area (Å²) in [6.45, 7) is 9.58. The summed E-state index contributed by atoms with van der Waals surface area (Å²) in [5, 5.41) is 3.55. The van der Waals surface area contributed by atoms with Gasteiger partial charge in [-0.25, -0.2) is 8.78 Å². The number of likely N-dealkylation sites (tertiary alicyclic amines) is 1. The Kier molecular flexibility index (Phi) is 5.71. The number of hydrogen-bond donors (Lipinski definition) is 1. The van der Waals surface area contributed by atoms with Crippen molar-refractivity contribution in [1.82, 2.24) is 10.2 Å². The second-order valence-electron chi connectivity index (χ2n) is 6.12. The van der Waals surface area contributed by atoms with Crippen LogP contribution in [0.5, 0.6) is 0 Å². The van der Waals surface area contributed by atoms with E-state index in [4.69, 9.17) is 0 Å². The Morgan fingerprint density at radius 1 is 1.19 bits per heavy atom. The molecule has 0 aliphatic carbocycles. The molecule has 1 aromatic carbocycles. The summed E-state index contributed by atoms with van der Waals surface area (Å²) in [5.74, 6) is -0.391. The van der Waals surface area contributed by atoms with Gasteiger partial charge in [0.1, 0.15) is 11.6 Å². The normalized spacial score (nSPS) is 27.0. The summed E-state index contributed by atoms with van der Waals surface area (Å²) in [6, 6.07) is 4.86. The van der Waals surface area contributed by atoms with Crippen molar-refractivity contribution in [3.05, 3.63) is 35.4 Å². The van der Waals surface area contributed by atoms with E-state index in [0.29, 0.717) is 24.4 Å². The van der Waals surface area contributed by atoms with E-state index in [1.54, 1.807) is 0 Å². The number of piperidine rings is 1. The summed E-state index contributed by atoms with van der Waals surface area (Å²) in [5.41, 5.74) is 0.737. The van der Waals surface area contributed by atoms with Crippen molar-refractivity contribution in [1.29, 1.82) is 0 Å². The van der Waals surface area contributed by atoms with Crippen LogP contribution in [0.2, 0.25) is 0 Å². The highest BCUT2D eigenvalue weighted by Crippen LogP contribution is 2.24. The lowest BCUT2D eigenvalue weighted by atomic mass is 9.86. The van der Waals surface area contributed by atoms with E-state index in [2.05, 4.69) is 31.0 Å². The predicted octanol–water partition coefficient (Wildman–Crippen LogP) is 3.22. The zero-order valence-corrected chi connectivity index (χ0v) is 13.2. The molecule has 1 heterocycles. The molecule has 118 valence electrons. The lowest BCUT2D eigenvalue weighted by Gasteiger charge is -2.43. The standard InChI is InChI=1S/C17H26F2N2/c1-4-20-17-6-8-21(13(3)12(17)2)7-5-14-9-15(18)11-16(19)10-14/h9-13,17,20H,4-8H2,1-3H3. The maximum Gasteiger partial charge on any atom is 0.126 e. The zero-order chi connectivity index (χ0) is 15.4. The second-order valence-corrected chi connectivity index (χ2v) is 6.12. The highest BCUT2D eigenvalue weighted by Gasteiger charge is 2.31. The Hall–Kier alpha value is -1.00. The van der Waals surface area contributed by atoms with E-state index >= 15 is 0 Å². The van der Waals surface area contributed by atoms with Crippen molar-refractivity contribution in [2.24, 2.45) is 5.92 Å². The maximum atomic E-state index is 13.2. The molecule has 3 atom stereocenters. The molecule has 2 rings (SSSR count). The first kappa shape index (κ1) is 16.4. The van der Waals surface area contributed by atoms with Crippen LogP contribution in [0.15, 0.2) is 18.2 Å². The molecule has 0 bridgehead atoms. The minimum atomic E-state index is -0.489. The Morgan fingerprint density at radius 2 is 1.86 bits per heavy atom. The SMILES string of the molecule is CCNC1CCN(CCc2cc(F)cc(F)c2)C(C)C1C. The van der Waals surface area contributed by atoms with Crippen LogP contribution in [-0.2, 0) is 6.42 Å². The highest BCUT2D eigenvalue weighted by molar-refractivity contribution is 5.18. The fourth-order valence-corrected chi connectivity index (χ4v) is 3.33. The molecule has 1 aromatic rings. The zero-order valence-electron chi connectivity index (χ0n) is 13.2. The van der Waals surface area contributed by atoms with Crippen molar-refractivity contribution >= 4 is 0 Å². The minimum absolute atomic E-state index is 0.487. The molecule has 1 fully saturated rings. The number of rotatable bonds is 5. The lowest BCUT2D eigenvalue weighted by Crippen LogP contribution is -2.53. The monoisotopic (exact) mass is 296 g/mol. The van der Waals surface area contributed by atoms with Gasteiger partial charge in [0.25, 0.3) is 0 Å². The molecule has 0 spiro atoms. The van der Waals surface area contributed by atoms with Gasteiger partial charge in [-0.1, -0.05) is 13.8 Å². The van der Waals surface area contributed by atoms with Crippen molar-refractivity contribution in [2.45, 2.75) is 45.7 Å². The summed E-state index contributed by atoms with van der Waals surface area (Å²) in [4.78, 5) is 2.43. The molecular formula is C17H26F2N2. The quantitative estimate of drug-likeness (QED) is 0.897. The first-order valence-electron chi connectivity index (χ1n) is 7.93. The first-order chi connectivity index (χ1) is 10.0. The van der Waals surface area contributed by atoms with Gasteiger partial charge >= 0.3 is 0 Å². The van der Waals surface area contributed by atoms with E-state index in [1.165, 1.54) is 12.1 Å². The fraction of sp³-hybridized carbons (Fsp3) is 0.647. The number of nitrogens with zero attached hydrogens (tertiary/aromatic N) is 1. The third-order valence-corrected chi connectivity index (χ3v) is 4.78. The van der Waals surface area contributed by atoms with Gasteiger partial charge in [-0.2, -0.15) is 0 Å². The predicted molar refractivity (Wildman–Crippen MR) is 82.3 cm³/mol. The van der Waals surface area contributed by atoms with Crippen LogP contribution in [0, 0.1) is 17.6 Å². The van der Waals surface area contributed by atoms with Crippen molar-refractivity contribution < 1.29 is 8.78 Å². The molecule has 2 nitrogen and oxygen atoms in total. The topological polar surface area (TPSA) is 15.3 Å². The number of hydrogen-bond acceptors (Lipinski definition) is 2. The highest BCUT2D eigenvalue weighted by atomic mass is 19.1. The van der Waals surface area contributed by atoms with Crippen LogP contribution in [0.25, 0.3) is 0 Å². The molecule has 1 aliphatic heterocycles. The van der Waals surface area contributed by atoms with Gasteiger partial charge in [-0.15, -0.1) is 0 Å². The molecule has 0 amide bonds. The Labute approximate surface area is 126 Å². The summed E-state index contributed by atoms with van der Waals surface area (Å²) < 4.78 is 26.4. The van der Waals surface area contributed by atoms with Crippen LogP contribution in [0.1, 0.15) is 32.8 Å². The molecule has 3 unspecified atom stereocenters. The van der Waals surface area contributed by atoms with Gasteiger partial charge in [-0.3, -0.25) is 4.90 Å². The number of nitrogens with one attached hydrogen (secondary N) is 1. The van der Waals surface area contributed by atoms with Crippen LogP contribution in [0.3, 0.4) is 0 Å². The number of benzene rings is 1. The Balaban J connectivity index is 1.91. The van der Waals surface area contributed by atoms with Crippen molar-refractivity contribution in [2.75, 3.05) is 19.6 Å². The largest absolute Gasteiger partial charge is 0.314 e. The van der Waals surface area contributed by atoms with Gasteiger partial charge in [0.2, 0.25) is 0 Å². The Bertz CT molecular complexity index is 444. The van der Waals surface area contributed by atoms with E-state index < -0.39 is 11.6 Å². The molecule has 0 saturated carbocycles.